The Bertz CT molecular complexity index is 479. The maximum Gasteiger partial charge on any atom is 0.325 e. The Balaban J connectivity index is 2.19. The third-order valence-corrected chi connectivity index (χ3v) is 2.65. The summed E-state index contributed by atoms with van der Waals surface area (Å²) in [6, 6.07) is 2.26. The van der Waals surface area contributed by atoms with E-state index in [1.54, 1.807) is 6.92 Å². The maximum atomic E-state index is 11.6. The highest BCUT2D eigenvalue weighted by molar-refractivity contribution is 5.76. The van der Waals surface area contributed by atoms with Gasteiger partial charge in [0.05, 0.1) is 6.61 Å². The van der Waals surface area contributed by atoms with E-state index in [4.69, 9.17) is 10.00 Å². The molecule has 1 aliphatic carbocycles. The van der Waals surface area contributed by atoms with Crippen molar-refractivity contribution in [2.24, 2.45) is 0 Å². The first-order chi connectivity index (χ1) is 8.76. The van der Waals surface area contributed by atoms with Crippen molar-refractivity contribution in [1.82, 2.24) is 9.97 Å². The molecular weight excluding hydrogens is 232 g/mol. The number of ether oxygens (including phenoxy) is 1. The normalized spacial score (nSPS) is 13.8. The van der Waals surface area contributed by atoms with Crippen molar-refractivity contribution in [2.45, 2.75) is 25.8 Å². The first kappa shape index (κ1) is 12.3. The van der Waals surface area contributed by atoms with Crippen LogP contribution < -0.4 is 4.90 Å². The molecule has 1 heterocycles. The molecule has 18 heavy (non-hydrogen) atoms. The molecule has 1 aromatic rings. The summed E-state index contributed by atoms with van der Waals surface area (Å²) in [6.45, 7) is 2.23. The zero-order chi connectivity index (χ0) is 13.0. The van der Waals surface area contributed by atoms with E-state index in [1.165, 1.54) is 12.4 Å². The maximum absolute atomic E-state index is 11.6. The molecular formula is C12H14N4O2. The van der Waals surface area contributed by atoms with Gasteiger partial charge in [-0.3, -0.25) is 4.79 Å². The largest absolute Gasteiger partial charge is 0.465 e. The van der Waals surface area contributed by atoms with Crippen LogP contribution in [0.2, 0.25) is 0 Å². The fraction of sp³-hybridized carbons (Fsp3) is 0.500. The molecule has 2 rings (SSSR count). The Morgan fingerprint density at radius 1 is 1.56 bits per heavy atom. The Hall–Kier alpha value is -2.16. The molecule has 0 N–H and O–H groups in total. The van der Waals surface area contributed by atoms with E-state index in [1.807, 2.05) is 11.0 Å². The van der Waals surface area contributed by atoms with Crippen LogP contribution in [0.4, 0.5) is 5.82 Å². The van der Waals surface area contributed by atoms with Crippen molar-refractivity contribution in [3.8, 4) is 6.07 Å². The van der Waals surface area contributed by atoms with E-state index in [9.17, 15) is 4.79 Å². The monoisotopic (exact) mass is 246 g/mol. The van der Waals surface area contributed by atoms with E-state index >= 15 is 0 Å². The molecule has 6 heteroatoms. The molecule has 0 atom stereocenters. The lowest BCUT2D eigenvalue weighted by molar-refractivity contribution is -0.141. The lowest BCUT2D eigenvalue weighted by atomic mass is 10.3. The van der Waals surface area contributed by atoms with Crippen LogP contribution >= 0.6 is 0 Å². The molecule has 1 fully saturated rings. The van der Waals surface area contributed by atoms with Gasteiger partial charge in [-0.1, -0.05) is 0 Å². The summed E-state index contributed by atoms with van der Waals surface area (Å²) in [5.41, 5.74) is 0.244. The van der Waals surface area contributed by atoms with E-state index in [2.05, 4.69) is 9.97 Å². The summed E-state index contributed by atoms with van der Waals surface area (Å²) in [5, 5.41) is 9.01. The molecule has 0 aromatic carbocycles. The molecule has 1 aromatic heterocycles. The van der Waals surface area contributed by atoms with Crippen molar-refractivity contribution in [3.63, 3.8) is 0 Å². The molecule has 0 saturated heterocycles. The number of carbonyl (C=O) groups is 1. The quantitative estimate of drug-likeness (QED) is 0.717. The number of hydrogen-bond acceptors (Lipinski definition) is 6. The lowest BCUT2D eigenvalue weighted by Crippen LogP contribution is -2.34. The predicted molar refractivity (Wildman–Crippen MR) is 63.7 cm³/mol. The van der Waals surface area contributed by atoms with Crippen LogP contribution in [-0.4, -0.2) is 35.1 Å². The first-order valence-corrected chi connectivity index (χ1v) is 5.89. The van der Waals surface area contributed by atoms with Crippen LogP contribution in [0.5, 0.6) is 0 Å². The number of hydrogen-bond donors (Lipinski definition) is 0. The van der Waals surface area contributed by atoms with Crippen molar-refractivity contribution in [1.29, 1.82) is 5.26 Å². The number of nitriles is 1. The van der Waals surface area contributed by atoms with E-state index in [0.717, 1.165) is 12.8 Å². The van der Waals surface area contributed by atoms with Crippen molar-refractivity contribution >= 4 is 11.8 Å². The summed E-state index contributed by atoms with van der Waals surface area (Å²) in [7, 11) is 0. The first-order valence-electron chi connectivity index (χ1n) is 5.89. The molecule has 0 unspecified atom stereocenters. The SMILES string of the molecule is CCOC(=O)CN(c1nccnc1C#N)C1CC1. The third kappa shape index (κ3) is 2.74. The Morgan fingerprint density at radius 3 is 2.89 bits per heavy atom. The van der Waals surface area contributed by atoms with Crippen molar-refractivity contribution in [2.75, 3.05) is 18.1 Å². The van der Waals surface area contributed by atoms with Crippen molar-refractivity contribution in [3.05, 3.63) is 18.1 Å². The molecule has 0 amide bonds. The molecule has 0 radical (unpaired) electrons. The van der Waals surface area contributed by atoms with Gasteiger partial charge < -0.3 is 9.64 Å². The van der Waals surface area contributed by atoms with Crippen LogP contribution in [0.3, 0.4) is 0 Å². The van der Waals surface area contributed by atoms with Gasteiger partial charge in [-0.25, -0.2) is 9.97 Å². The summed E-state index contributed by atoms with van der Waals surface area (Å²) < 4.78 is 4.93. The molecule has 1 aliphatic rings. The molecule has 6 nitrogen and oxygen atoms in total. The van der Waals surface area contributed by atoms with Crippen LogP contribution in [0.1, 0.15) is 25.5 Å². The average molecular weight is 246 g/mol. The highest BCUT2D eigenvalue weighted by Gasteiger charge is 2.33. The number of anilines is 1. The van der Waals surface area contributed by atoms with Crippen LogP contribution in [0.15, 0.2) is 12.4 Å². The summed E-state index contributed by atoms with van der Waals surface area (Å²) in [4.78, 5) is 21.5. The van der Waals surface area contributed by atoms with Gasteiger partial charge in [0.2, 0.25) is 0 Å². The lowest BCUT2D eigenvalue weighted by Gasteiger charge is -2.22. The standard InChI is InChI=1S/C12H14N4O2/c1-2-18-11(17)8-16(9-3-4-9)12-10(7-13)14-5-6-15-12/h5-6,9H,2-4,8H2,1H3. The van der Waals surface area contributed by atoms with Gasteiger partial charge in [0.15, 0.2) is 11.5 Å². The van der Waals surface area contributed by atoms with Gasteiger partial charge in [0.1, 0.15) is 12.6 Å². The third-order valence-electron chi connectivity index (χ3n) is 2.65. The van der Waals surface area contributed by atoms with Crippen molar-refractivity contribution < 1.29 is 9.53 Å². The van der Waals surface area contributed by atoms with Gasteiger partial charge in [-0.05, 0) is 19.8 Å². The molecule has 94 valence electrons. The van der Waals surface area contributed by atoms with E-state index in [-0.39, 0.29) is 24.2 Å². The highest BCUT2D eigenvalue weighted by Crippen LogP contribution is 2.31. The zero-order valence-electron chi connectivity index (χ0n) is 10.2. The van der Waals surface area contributed by atoms with Gasteiger partial charge in [-0.2, -0.15) is 5.26 Å². The van der Waals surface area contributed by atoms with Crippen LogP contribution in [0, 0.1) is 11.3 Å². The number of rotatable bonds is 5. The fourth-order valence-electron chi connectivity index (χ4n) is 1.73. The minimum atomic E-state index is -0.307. The second kappa shape index (κ2) is 5.45. The number of aromatic nitrogens is 2. The highest BCUT2D eigenvalue weighted by atomic mass is 16.5. The van der Waals surface area contributed by atoms with Gasteiger partial charge in [-0.15, -0.1) is 0 Å². The smallest absolute Gasteiger partial charge is 0.325 e. The van der Waals surface area contributed by atoms with Gasteiger partial charge in [0, 0.05) is 18.4 Å². The van der Waals surface area contributed by atoms with Gasteiger partial charge in [0.25, 0.3) is 0 Å². The Labute approximate surface area is 105 Å². The number of nitrogens with zero attached hydrogens (tertiary/aromatic N) is 4. The fourth-order valence-corrected chi connectivity index (χ4v) is 1.73. The molecule has 0 bridgehead atoms. The van der Waals surface area contributed by atoms with Gasteiger partial charge >= 0.3 is 5.97 Å². The average Bonchev–Trinajstić information content (AvgIpc) is 3.20. The topological polar surface area (TPSA) is 79.1 Å². The summed E-state index contributed by atoms with van der Waals surface area (Å²) in [5.74, 6) is 0.162. The Kier molecular flexibility index (Phi) is 3.72. The number of carbonyl (C=O) groups excluding carboxylic acids is 1. The van der Waals surface area contributed by atoms with Crippen LogP contribution in [-0.2, 0) is 9.53 Å². The minimum absolute atomic E-state index is 0.117. The summed E-state index contributed by atoms with van der Waals surface area (Å²) >= 11 is 0. The van der Waals surface area contributed by atoms with E-state index in [0.29, 0.717) is 12.4 Å². The second-order valence-corrected chi connectivity index (χ2v) is 4.00. The number of esters is 1. The predicted octanol–water partition coefficient (Wildman–Crippen LogP) is 0.880. The minimum Gasteiger partial charge on any atom is -0.465 e. The Morgan fingerprint density at radius 2 is 2.28 bits per heavy atom. The van der Waals surface area contributed by atoms with Crippen LogP contribution in [0.25, 0.3) is 0 Å². The second-order valence-electron chi connectivity index (χ2n) is 4.00. The molecule has 0 spiro atoms. The zero-order valence-corrected chi connectivity index (χ0v) is 10.2. The van der Waals surface area contributed by atoms with E-state index < -0.39 is 0 Å². The molecule has 1 saturated carbocycles. The summed E-state index contributed by atoms with van der Waals surface area (Å²) in [6.07, 6.45) is 5.00. The molecule has 0 aliphatic heterocycles.